The van der Waals surface area contributed by atoms with Crippen molar-refractivity contribution in [3.8, 4) is 5.69 Å². The molecular weight excluding hydrogens is 242 g/mol. The van der Waals surface area contributed by atoms with Gasteiger partial charge in [0, 0.05) is 6.20 Å². The zero-order valence-electron chi connectivity index (χ0n) is 11.3. The Bertz CT molecular complexity index is 602. The summed E-state index contributed by atoms with van der Waals surface area (Å²) in [7, 11) is 1.35. The Morgan fingerprint density at radius 2 is 2.11 bits per heavy atom. The number of aromatic nitrogens is 2. The van der Waals surface area contributed by atoms with Crippen LogP contribution in [0.25, 0.3) is 5.69 Å². The maximum absolute atomic E-state index is 11.5. The minimum Gasteiger partial charge on any atom is -0.465 e. The van der Waals surface area contributed by atoms with Gasteiger partial charge in [-0.3, -0.25) is 0 Å². The highest BCUT2D eigenvalue weighted by molar-refractivity contribution is 5.90. The van der Waals surface area contributed by atoms with Crippen molar-refractivity contribution in [2.75, 3.05) is 12.8 Å². The van der Waals surface area contributed by atoms with E-state index in [0.29, 0.717) is 22.9 Å². The van der Waals surface area contributed by atoms with E-state index in [1.54, 1.807) is 22.9 Å². The Hall–Kier alpha value is -2.30. The van der Waals surface area contributed by atoms with Crippen LogP contribution in [0.2, 0.25) is 0 Å². The van der Waals surface area contributed by atoms with E-state index in [1.165, 1.54) is 7.11 Å². The monoisotopic (exact) mass is 259 g/mol. The summed E-state index contributed by atoms with van der Waals surface area (Å²) >= 11 is 0. The van der Waals surface area contributed by atoms with Gasteiger partial charge in [-0.2, -0.15) is 5.10 Å². The van der Waals surface area contributed by atoms with E-state index in [-0.39, 0.29) is 0 Å². The van der Waals surface area contributed by atoms with Crippen LogP contribution in [0.3, 0.4) is 0 Å². The van der Waals surface area contributed by atoms with Crippen molar-refractivity contribution >= 4 is 11.7 Å². The predicted octanol–water partition coefficient (Wildman–Crippen LogP) is 2.36. The Morgan fingerprint density at radius 3 is 2.68 bits per heavy atom. The zero-order chi connectivity index (χ0) is 14.0. The SMILES string of the molecule is COC(=O)c1ccc(N)c(-n2ccc(C(C)C)n2)c1. The van der Waals surface area contributed by atoms with E-state index in [9.17, 15) is 4.79 Å². The first-order valence-electron chi connectivity index (χ1n) is 6.06. The molecule has 2 N–H and O–H groups in total. The highest BCUT2D eigenvalue weighted by Crippen LogP contribution is 2.21. The van der Waals surface area contributed by atoms with E-state index in [4.69, 9.17) is 10.5 Å². The first-order chi connectivity index (χ1) is 9.02. The van der Waals surface area contributed by atoms with Gasteiger partial charge >= 0.3 is 5.97 Å². The van der Waals surface area contributed by atoms with Crippen LogP contribution < -0.4 is 5.73 Å². The molecule has 19 heavy (non-hydrogen) atoms. The molecule has 2 aromatic rings. The maximum Gasteiger partial charge on any atom is 0.337 e. The standard InChI is InChI=1S/C14H17N3O2/c1-9(2)12-6-7-17(16-12)13-8-10(14(18)19-3)4-5-11(13)15/h4-9H,15H2,1-3H3. The van der Waals surface area contributed by atoms with Crippen molar-refractivity contribution in [2.45, 2.75) is 19.8 Å². The van der Waals surface area contributed by atoms with Crippen molar-refractivity contribution in [3.63, 3.8) is 0 Å². The first-order valence-corrected chi connectivity index (χ1v) is 6.06. The van der Waals surface area contributed by atoms with Gasteiger partial charge in [0.25, 0.3) is 0 Å². The minimum atomic E-state index is -0.391. The molecule has 0 saturated heterocycles. The molecule has 1 aromatic carbocycles. The lowest BCUT2D eigenvalue weighted by Crippen LogP contribution is -2.06. The van der Waals surface area contributed by atoms with Gasteiger partial charge < -0.3 is 10.5 Å². The molecule has 0 aliphatic heterocycles. The number of nitrogen functional groups attached to an aromatic ring is 1. The highest BCUT2D eigenvalue weighted by Gasteiger charge is 2.11. The summed E-state index contributed by atoms with van der Waals surface area (Å²) in [5.74, 6) is -0.0521. The normalized spacial score (nSPS) is 10.7. The van der Waals surface area contributed by atoms with Gasteiger partial charge in [0.2, 0.25) is 0 Å². The van der Waals surface area contributed by atoms with Gasteiger partial charge in [0.15, 0.2) is 0 Å². The van der Waals surface area contributed by atoms with Crippen LogP contribution in [-0.4, -0.2) is 22.9 Å². The molecule has 0 spiro atoms. The molecule has 1 heterocycles. The molecule has 0 amide bonds. The van der Waals surface area contributed by atoms with Gasteiger partial charge in [-0.1, -0.05) is 13.8 Å². The van der Waals surface area contributed by atoms with Crippen molar-refractivity contribution in [3.05, 3.63) is 41.7 Å². The van der Waals surface area contributed by atoms with Gasteiger partial charge in [-0.15, -0.1) is 0 Å². The number of benzene rings is 1. The predicted molar refractivity (Wildman–Crippen MR) is 73.4 cm³/mol. The molecule has 5 nitrogen and oxygen atoms in total. The second-order valence-corrected chi connectivity index (χ2v) is 4.61. The summed E-state index contributed by atoms with van der Waals surface area (Å²) in [5, 5.41) is 4.45. The van der Waals surface area contributed by atoms with E-state index >= 15 is 0 Å². The summed E-state index contributed by atoms with van der Waals surface area (Å²) in [6, 6.07) is 6.93. The van der Waals surface area contributed by atoms with Crippen LogP contribution in [0.5, 0.6) is 0 Å². The quantitative estimate of drug-likeness (QED) is 0.678. The summed E-state index contributed by atoms with van der Waals surface area (Å²) in [6.07, 6.45) is 1.84. The number of nitrogens with zero attached hydrogens (tertiary/aromatic N) is 2. The number of hydrogen-bond donors (Lipinski definition) is 1. The fourth-order valence-electron chi connectivity index (χ4n) is 1.77. The van der Waals surface area contributed by atoms with Gasteiger partial charge in [0.1, 0.15) is 0 Å². The molecule has 0 bridgehead atoms. The third-order valence-electron chi connectivity index (χ3n) is 2.90. The molecule has 0 aliphatic carbocycles. The topological polar surface area (TPSA) is 70.1 Å². The summed E-state index contributed by atoms with van der Waals surface area (Å²) in [5.41, 5.74) is 8.60. The molecule has 0 atom stereocenters. The molecule has 5 heteroatoms. The molecule has 0 radical (unpaired) electrons. The molecule has 0 unspecified atom stereocenters. The summed E-state index contributed by atoms with van der Waals surface area (Å²) < 4.78 is 6.38. The molecular formula is C14H17N3O2. The van der Waals surface area contributed by atoms with E-state index < -0.39 is 5.97 Å². The van der Waals surface area contributed by atoms with Crippen molar-refractivity contribution in [1.82, 2.24) is 9.78 Å². The number of rotatable bonds is 3. The average molecular weight is 259 g/mol. The van der Waals surface area contributed by atoms with Crippen LogP contribution >= 0.6 is 0 Å². The highest BCUT2D eigenvalue weighted by atomic mass is 16.5. The molecule has 1 aromatic heterocycles. The Balaban J connectivity index is 2.45. The minimum absolute atomic E-state index is 0.339. The van der Waals surface area contributed by atoms with Crippen molar-refractivity contribution in [1.29, 1.82) is 0 Å². The average Bonchev–Trinajstić information content (AvgIpc) is 2.88. The van der Waals surface area contributed by atoms with Gasteiger partial charge in [-0.05, 0) is 30.2 Å². The largest absolute Gasteiger partial charge is 0.465 e. The first kappa shape index (κ1) is 13.1. The van der Waals surface area contributed by atoms with E-state index in [0.717, 1.165) is 5.69 Å². The zero-order valence-corrected chi connectivity index (χ0v) is 11.3. The summed E-state index contributed by atoms with van der Waals surface area (Å²) in [4.78, 5) is 11.5. The molecule has 0 saturated carbocycles. The molecule has 2 rings (SSSR count). The number of ether oxygens (including phenoxy) is 1. The van der Waals surface area contributed by atoms with E-state index in [1.807, 2.05) is 12.3 Å². The Kier molecular flexibility index (Phi) is 3.55. The number of anilines is 1. The number of hydrogen-bond acceptors (Lipinski definition) is 4. The number of methoxy groups -OCH3 is 1. The smallest absolute Gasteiger partial charge is 0.337 e. The van der Waals surface area contributed by atoms with Crippen LogP contribution in [0.4, 0.5) is 5.69 Å². The maximum atomic E-state index is 11.5. The van der Waals surface area contributed by atoms with Gasteiger partial charge in [0.05, 0.1) is 29.7 Å². The van der Waals surface area contributed by atoms with E-state index in [2.05, 4.69) is 18.9 Å². The Labute approximate surface area is 112 Å². The lowest BCUT2D eigenvalue weighted by Gasteiger charge is -2.08. The number of carbonyl (C=O) groups is 1. The molecule has 0 aliphatic rings. The Morgan fingerprint density at radius 1 is 1.37 bits per heavy atom. The lowest BCUT2D eigenvalue weighted by molar-refractivity contribution is 0.0600. The van der Waals surface area contributed by atoms with Gasteiger partial charge in [-0.25, -0.2) is 9.48 Å². The molecule has 100 valence electrons. The third-order valence-corrected chi connectivity index (χ3v) is 2.90. The fourth-order valence-corrected chi connectivity index (χ4v) is 1.77. The van der Waals surface area contributed by atoms with Crippen LogP contribution in [0.1, 0.15) is 35.8 Å². The van der Waals surface area contributed by atoms with Crippen molar-refractivity contribution in [2.24, 2.45) is 0 Å². The number of nitrogens with two attached hydrogens (primary N) is 1. The van der Waals surface area contributed by atoms with Crippen LogP contribution in [-0.2, 0) is 4.74 Å². The van der Waals surface area contributed by atoms with Crippen molar-refractivity contribution < 1.29 is 9.53 Å². The third kappa shape index (κ3) is 2.59. The number of carbonyl (C=O) groups excluding carboxylic acids is 1. The second kappa shape index (κ2) is 5.14. The molecule has 0 fully saturated rings. The lowest BCUT2D eigenvalue weighted by atomic mass is 10.1. The van der Waals surface area contributed by atoms with Crippen LogP contribution in [0, 0.1) is 0 Å². The summed E-state index contributed by atoms with van der Waals surface area (Å²) in [6.45, 7) is 4.14. The fraction of sp³-hybridized carbons (Fsp3) is 0.286. The van der Waals surface area contributed by atoms with Crippen LogP contribution in [0.15, 0.2) is 30.5 Å². The number of esters is 1. The second-order valence-electron chi connectivity index (χ2n) is 4.61.